The molecule has 1 amide bonds. The van der Waals surface area contributed by atoms with Gasteiger partial charge in [-0.1, -0.05) is 78.9 Å². The number of phenolic OH excluding ortho intramolecular Hbond substituents is 1. The summed E-state index contributed by atoms with van der Waals surface area (Å²) >= 11 is 1.51. The number of thiophene rings is 1. The summed E-state index contributed by atoms with van der Waals surface area (Å²) < 4.78 is 11.3. The van der Waals surface area contributed by atoms with Crippen LogP contribution in [-0.4, -0.2) is 70.4 Å². The smallest absolute Gasteiger partial charge is 0.347 e. The number of H-pyrrole nitrogens is 1. The van der Waals surface area contributed by atoms with E-state index in [0.29, 0.717) is 40.7 Å². The van der Waals surface area contributed by atoms with Crippen molar-refractivity contribution >= 4 is 34.1 Å². The maximum Gasteiger partial charge on any atom is 0.347 e. The summed E-state index contributed by atoms with van der Waals surface area (Å²) in [5, 5.41) is 40.2. The van der Waals surface area contributed by atoms with Gasteiger partial charge in [-0.15, -0.1) is 11.3 Å². The molecule has 2 atom stereocenters. The highest BCUT2D eigenvalue weighted by Gasteiger charge is 2.42. The number of esters is 1. The van der Waals surface area contributed by atoms with E-state index in [2.05, 4.69) is 32.7 Å². The Bertz CT molecular complexity index is 2800. The number of fused-ring (bicyclic) bond motifs is 1. The van der Waals surface area contributed by atoms with Crippen LogP contribution in [0, 0.1) is 5.92 Å². The fourth-order valence-corrected chi connectivity index (χ4v) is 9.25. The van der Waals surface area contributed by atoms with Crippen LogP contribution in [-0.2, 0) is 34.8 Å². The highest BCUT2D eigenvalue weighted by atomic mass is 32.1. The van der Waals surface area contributed by atoms with Crippen molar-refractivity contribution in [3.05, 3.63) is 188 Å². The number of nitrogens with zero attached hydrogens (tertiary/aromatic N) is 1. The fourth-order valence-electron chi connectivity index (χ4n) is 8.30. The van der Waals surface area contributed by atoms with Crippen molar-refractivity contribution in [3.8, 4) is 21.9 Å². The van der Waals surface area contributed by atoms with Gasteiger partial charge in [0, 0.05) is 52.0 Å². The summed E-state index contributed by atoms with van der Waals surface area (Å²) in [6, 6.07) is 41.5. The maximum atomic E-state index is 14.0. The molecule has 2 aromatic heterocycles. The topological polar surface area (TPSA) is 173 Å². The first-order valence-electron chi connectivity index (χ1n) is 21.7. The van der Waals surface area contributed by atoms with Crippen molar-refractivity contribution in [3.63, 3.8) is 0 Å². The Morgan fingerprint density at radius 1 is 0.846 bits per heavy atom. The van der Waals surface area contributed by atoms with Crippen molar-refractivity contribution in [1.82, 2.24) is 20.5 Å². The van der Waals surface area contributed by atoms with Crippen LogP contribution < -0.4 is 20.9 Å². The number of rotatable bonds is 17. The Morgan fingerprint density at radius 2 is 1.62 bits per heavy atom. The molecule has 5 aromatic carbocycles. The van der Waals surface area contributed by atoms with E-state index >= 15 is 0 Å². The predicted molar refractivity (Wildman–Crippen MR) is 252 cm³/mol. The number of nitrogens with one attached hydrogen (secondary N) is 3. The van der Waals surface area contributed by atoms with E-state index in [1.807, 2.05) is 60.7 Å². The number of carbonyl (C=O) groups excluding carboxylic acids is 2. The van der Waals surface area contributed by atoms with Crippen LogP contribution >= 0.6 is 11.3 Å². The fraction of sp³-hybridized carbons (Fsp3) is 0.250. The number of ether oxygens (including phenoxy) is 2. The molecule has 0 aliphatic carbocycles. The van der Waals surface area contributed by atoms with Crippen molar-refractivity contribution in [1.29, 1.82) is 0 Å². The molecule has 13 heteroatoms. The van der Waals surface area contributed by atoms with Gasteiger partial charge in [-0.2, -0.15) is 0 Å². The van der Waals surface area contributed by atoms with E-state index in [0.717, 1.165) is 59.1 Å². The third-order valence-corrected chi connectivity index (χ3v) is 13.1. The quantitative estimate of drug-likeness (QED) is 0.0506. The van der Waals surface area contributed by atoms with Gasteiger partial charge in [0.15, 0.2) is 0 Å². The number of aliphatic hydroxyl groups is 2. The number of amides is 1. The number of methoxy groups -OCH3 is 1. The van der Waals surface area contributed by atoms with E-state index in [9.17, 15) is 29.7 Å². The van der Waals surface area contributed by atoms with Crippen LogP contribution in [0.5, 0.6) is 11.5 Å². The van der Waals surface area contributed by atoms with Gasteiger partial charge < -0.3 is 40.4 Å². The lowest BCUT2D eigenvalue weighted by Gasteiger charge is -2.33. The first-order valence-corrected chi connectivity index (χ1v) is 22.5. The minimum absolute atomic E-state index is 0.0669. The molecule has 65 heavy (non-hydrogen) atoms. The number of aromatic hydroxyl groups is 1. The van der Waals surface area contributed by atoms with Crippen LogP contribution in [0.4, 0.5) is 0 Å². The van der Waals surface area contributed by atoms with Crippen molar-refractivity contribution in [2.45, 2.75) is 44.2 Å². The number of piperidine rings is 1. The molecule has 1 saturated heterocycles. The van der Waals surface area contributed by atoms with E-state index in [-0.39, 0.29) is 41.8 Å². The zero-order chi connectivity index (χ0) is 45.3. The number of pyridine rings is 1. The molecule has 0 radical (unpaired) electrons. The number of benzene rings is 5. The zero-order valence-corrected chi connectivity index (χ0v) is 36.9. The molecule has 1 fully saturated rings. The van der Waals surface area contributed by atoms with E-state index in [4.69, 9.17) is 9.47 Å². The highest BCUT2D eigenvalue weighted by molar-refractivity contribution is 7.15. The lowest BCUT2D eigenvalue weighted by Crippen LogP contribution is -2.40. The molecule has 6 N–H and O–H groups in total. The van der Waals surface area contributed by atoms with Gasteiger partial charge in [0.1, 0.15) is 11.5 Å². The van der Waals surface area contributed by atoms with Gasteiger partial charge in [0.25, 0.3) is 5.91 Å². The van der Waals surface area contributed by atoms with Gasteiger partial charge in [-0.05, 0) is 114 Å². The van der Waals surface area contributed by atoms with Crippen LogP contribution in [0.15, 0.2) is 144 Å². The molecule has 8 rings (SSSR count). The number of aromatic nitrogens is 1. The molecule has 7 aromatic rings. The number of carbonyl (C=O) groups is 2. The third-order valence-electron chi connectivity index (χ3n) is 12.0. The number of aromatic amines is 1. The maximum absolute atomic E-state index is 14.0. The van der Waals surface area contributed by atoms with Crippen LogP contribution in [0.3, 0.4) is 0 Å². The highest BCUT2D eigenvalue weighted by Crippen LogP contribution is 2.36. The third kappa shape index (κ3) is 10.7. The second-order valence-electron chi connectivity index (χ2n) is 16.4. The summed E-state index contributed by atoms with van der Waals surface area (Å²) in [7, 11) is 1.67. The lowest BCUT2D eigenvalue weighted by molar-refractivity contribution is -0.164. The number of hydrogen-bond acceptors (Lipinski definition) is 11. The summed E-state index contributed by atoms with van der Waals surface area (Å²) in [5.74, 6) is 0.0241. The van der Waals surface area contributed by atoms with Crippen LogP contribution in [0.1, 0.15) is 62.0 Å². The summed E-state index contributed by atoms with van der Waals surface area (Å²) in [5.41, 5.74) is 2.75. The van der Waals surface area contributed by atoms with Crippen LogP contribution in [0.25, 0.3) is 21.3 Å². The standard InChI is InChI=1S/C52H52N4O8S/c1-63-41-12-5-7-36(27-41)32-56-25-23-35(24-26-56)33-64-51(61)52(62,39-9-3-2-4-10-39)40-11-6-8-38(28-40)47-21-17-42(65-47)30-54-50(60)37-15-13-34(14-16-37)29-53-31-46(58)43-18-20-45(57)49-44(43)19-22-48(59)55-49/h2-22,27-28,35,46,53,57-58,62H,23-26,29-33H2,1H3,(H,54,60)(H,55,59). The van der Waals surface area contributed by atoms with Gasteiger partial charge in [-0.3, -0.25) is 14.5 Å². The summed E-state index contributed by atoms with van der Waals surface area (Å²) in [6.07, 6.45) is 0.868. The summed E-state index contributed by atoms with van der Waals surface area (Å²) in [4.78, 5) is 45.8. The minimum atomic E-state index is -2.03. The molecule has 12 nitrogen and oxygen atoms in total. The molecule has 0 bridgehead atoms. The zero-order valence-electron chi connectivity index (χ0n) is 36.0. The first kappa shape index (κ1) is 45.0. The molecular weight excluding hydrogens is 841 g/mol. The average molecular weight is 893 g/mol. The minimum Gasteiger partial charge on any atom is -0.506 e. The second-order valence-corrected chi connectivity index (χ2v) is 17.6. The van der Waals surface area contributed by atoms with Gasteiger partial charge >= 0.3 is 5.97 Å². The Labute approximate surface area is 381 Å². The van der Waals surface area contributed by atoms with Gasteiger partial charge in [-0.25, -0.2) is 4.79 Å². The molecule has 3 heterocycles. The normalized spacial score (nSPS) is 14.7. The van der Waals surface area contributed by atoms with E-state index < -0.39 is 17.7 Å². The Morgan fingerprint density at radius 3 is 2.40 bits per heavy atom. The Hall–Kier alpha value is -6.61. The van der Waals surface area contributed by atoms with Gasteiger partial charge in [0.05, 0.1) is 31.9 Å². The van der Waals surface area contributed by atoms with Crippen LogP contribution in [0.2, 0.25) is 0 Å². The SMILES string of the molecule is COc1cccc(CN2CCC(COC(=O)C(O)(c3ccccc3)c3cccc(-c4ccc(CNC(=O)c5ccc(CNCC(O)c6ccc(O)c7[nH]c(=O)ccc67)cc5)s4)c3)CC2)c1. The second kappa shape index (κ2) is 20.5. The predicted octanol–water partition coefficient (Wildman–Crippen LogP) is 7.42. The molecular formula is C52H52N4O8S. The molecule has 1 aliphatic heterocycles. The van der Waals surface area contributed by atoms with Gasteiger partial charge in [0.2, 0.25) is 11.2 Å². The van der Waals surface area contributed by atoms with Crippen molar-refractivity contribution in [2.75, 3.05) is 33.4 Å². The molecule has 0 saturated carbocycles. The summed E-state index contributed by atoms with van der Waals surface area (Å²) in [6.45, 7) is 3.79. The number of likely N-dealkylation sites (tertiary alicyclic amines) is 1. The molecule has 2 unspecified atom stereocenters. The number of phenols is 1. The lowest BCUT2D eigenvalue weighted by atomic mass is 9.85. The van der Waals surface area contributed by atoms with E-state index in [1.165, 1.54) is 29.0 Å². The number of aliphatic hydroxyl groups excluding tert-OH is 1. The molecule has 1 aliphatic rings. The first-order chi connectivity index (χ1) is 31.6. The monoisotopic (exact) mass is 892 g/mol. The molecule has 334 valence electrons. The Balaban J connectivity index is 0.845. The number of hydrogen-bond donors (Lipinski definition) is 6. The largest absolute Gasteiger partial charge is 0.506 e. The van der Waals surface area contributed by atoms with Crippen molar-refractivity contribution in [2.24, 2.45) is 5.92 Å². The average Bonchev–Trinajstić information content (AvgIpc) is 3.83. The molecule has 0 spiro atoms. The van der Waals surface area contributed by atoms with E-state index in [1.54, 1.807) is 61.7 Å². The Kier molecular flexibility index (Phi) is 14.2. The van der Waals surface area contributed by atoms with Crippen molar-refractivity contribution < 1.29 is 34.4 Å².